The lowest BCUT2D eigenvalue weighted by Gasteiger charge is -2.18. The Kier molecular flexibility index (Phi) is 5.50. The van der Waals surface area contributed by atoms with Gasteiger partial charge in [0.15, 0.2) is 17.6 Å². The number of nitrogens with zero attached hydrogens (tertiary/aromatic N) is 1. The topological polar surface area (TPSA) is 94.2 Å². The number of rotatable bonds is 5. The number of amides is 3. The zero-order valence-electron chi connectivity index (χ0n) is 13.4. The summed E-state index contributed by atoms with van der Waals surface area (Å²) in [6.07, 6.45) is -1.12. The van der Waals surface area contributed by atoms with Crippen molar-refractivity contribution in [1.82, 2.24) is 10.2 Å². The average molecular weight is 357 g/mol. The summed E-state index contributed by atoms with van der Waals surface area (Å²) in [6.45, 7) is 2.01. The van der Waals surface area contributed by atoms with E-state index in [2.05, 4.69) is 5.32 Å². The van der Waals surface area contributed by atoms with Crippen LogP contribution in [0.5, 0.6) is 11.5 Å². The maximum absolute atomic E-state index is 12.2. The molecule has 1 aromatic rings. The molecule has 0 bridgehead atoms. The summed E-state index contributed by atoms with van der Waals surface area (Å²) < 4.78 is 15.3. The highest BCUT2D eigenvalue weighted by molar-refractivity contribution is 6.32. The number of nitrogens with one attached hydrogen (secondary N) is 1. The Morgan fingerprint density at radius 3 is 2.54 bits per heavy atom. The van der Waals surface area contributed by atoms with Crippen LogP contribution in [0.15, 0.2) is 12.1 Å². The third kappa shape index (κ3) is 3.53. The van der Waals surface area contributed by atoms with Gasteiger partial charge in [-0.05, 0) is 19.1 Å². The van der Waals surface area contributed by atoms with Gasteiger partial charge in [0.2, 0.25) is 0 Å². The first-order chi connectivity index (χ1) is 11.4. The van der Waals surface area contributed by atoms with Gasteiger partial charge in [-0.15, -0.1) is 0 Å². The molecule has 0 spiro atoms. The molecule has 3 amide bonds. The number of hydrogen-bond acceptors (Lipinski definition) is 6. The van der Waals surface area contributed by atoms with Crippen molar-refractivity contribution in [3.8, 4) is 11.5 Å². The smallest absolute Gasteiger partial charge is 0.339 e. The summed E-state index contributed by atoms with van der Waals surface area (Å²) in [5.41, 5.74) is 0.100. The predicted molar refractivity (Wildman–Crippen MR) is 84.5 cm³/mol. The molecule has 130 valence electrons. The molecule has 1 aliphatic heterocycles. The van der Waals surface area contributed by atoms with Gasteiger partial charge in [-0.25, -0.2) is 9.59 Å². The van der Waals surface area contributed by atoms with E-state index in [0.717, 1.165) is 4.90 Å². The average Bonchev–Trinajstić information content (AvgIpc) is 2.98. The van der Waals surface area contributed by atoms with Gasteiger partial charge in [0, 0.05) is 13.1 Å². The molecule has 24 heavy (non-hydrogen) atoms. The third-order valence-electron chi connectivity index (χ3n) is 3.42. The van der Waals surface area contributed by atoms with Gasteiger partial charge < -0.3 is 19.5 Å². The molecule has 1 aromatic carbocycles. The number of carbonyl (C=O) groups excluding carboxylic acids is 3. The van der Waals surface area contributed by atoms with Crippen molar-refractivity contribution >= 4 is 29.5 Å². The van der Waals surface area contributed by atoms with Crippen LogP contribution in [0.3, 0.4) is 0 Å². The lowest BCUT2D eigenvalue weighted by atomic mass is 10.2. The zero-order valence-corrected chi connectivity index (χ0v) is 14.2. The molecule has 1 aliphatic rings. The Morgan fingerprint density at radius 1 is 1.29 bits per heavy atom. The minimum absolute atomic E-state index is 0.100. The molecule has 0 aliphatic carbocycles. The molecule has 9 heteroatoms. The predicted octanol–water partition coefficient (Wildman–Crippen LogP) is 1.45. The van der Waals surface area contributed by atoms with Gasteiger partial charge in [0.25, 0.3) is 5.91 Å². The number of benzene rings is 1. The third-order valence-corrected chi connectivity index (χ3v) is 3.70. The Morgan fingerprint density at radius 2 is 2.00 bits per heavy atom. The Labute approximate surface area is 143 Å². The standard InChI is InChI=1S/C15H17ClN2O6/c1-8(13(19)18-5-4-17-15(18)21)24-14(20)9-6-10(16)12(23-3)11(7-9)22-2/h6-8H,4-5H2,1-3H3,(H,17,21)/t8-/m1/s1. The second-order valence-electron chi connectivity index (χ2n) is 4.96. The van der Waals surface area contributed by atoms with Gasteiger partial charge in [-0.1, -0.05) is 11.6 Å². The maximum atomic E-state index is 12.2. The van der Waals surface area contributed by atoms with Crippen molar-refractivity contribution in [3.63, 3.8) is 0 Å². The van der Waals surface area contributed by atoms with Crippen LogP contribution >= 0.6 is 11.6 Å². The lowest BCUT2D eigenvalue weighted by molar-refractivity contribution is -0.136. The van der Waals surface area contributed by atoms with E-state index < -0.39 is 24.0 Å². The fraction of sp³-hybridized carbons (Fsp3) is 0.400. The summed E-state index contributed by atoms with van der Waals surface area (Å²) in [4.78, 5) is 36.8. The SMILES string of the molecule is COc1cc(C(=O)O[C@H](C)C(=O)N2CCNC2=O)cc(Cl)c1OC. The van der Waals surface area contributed by atoms with E-state index in [1.165, 1.54) is 33.3 Å². The second kappa shape index (κ2) is 7.39. The Balaban J connectivity index is 2.13. The number of imide groups is 1. The van der Waals surface area contributed by atoms with E-state index >= 15 is 0 Å². The van der Waals surface area contributed by atoms with Crippen LogP contribution in [0.4, 0.5) is 4.79 Å². The minimum atomic E-state index is -1.12. The number of carbonyl (C=O) groups is 3. The lowest BCUT2D eigenvalue weighted by Crippen LogP contribution is -2.41. The molecule has 1 fully saturated rings. The Bertz CT molecular complexity index is 678. The van der Waals surface area contributed by atoms with Crippen molar-refractivity contribution in [2.24, 2.45) is 0 Å². The fourth-order valence-corrected chi connectivity index (χ4v) is 2.50. The van der Waals surface area contributed by atoms with E-state index in [1.54, 1.807) is 0 Å². The van der Waals surface area contributed by atoms with E-state index in [1.807, 2.05) is 0 Å². The minimum Gasteiger partial charge on any atom is -0.493 e. The van der Waals surface area contributed by atoms with E-state index in [9.17, 15) is 14.4 Å². The first-order valence-corrected chi connectivity index (χ1v) is 7.48. The molecule has 0 aromatic heterocycles. The van der Waals surface area contributed by atoms with E-state index in [0.29, 0.717) is 6.54 Å². The summed E-state index contributed by atoms with van der Waals surface area (Å²) in [5.74, 6) is -0.813. The van der Waals surface area contributed by atoms with Gasteiger partial charge in [-0.2, -0.15) is 0 Å². The Hall–Kier alpha value is -2.48. The van der Waals surface area contributed by atoms with Crippen LogP contribution in [0.25, 0.3) is 0 Å². The molecule has 1 heterocycles. The fourth-order valence-electron chi connectivity index (χ4n) is 2.22. The van der Waals surface area contributed by atoms with Crippen LogP contribution in [0, 0.1) is 0 Å². The molecular formula is C15H17ClN2O6. The number of esters is 1. The maximum Gasteiger partial charge on any atom is 0.339 e. The van der Waals surface area contributed by atoms with Gasteiger partial charge in [0.1, 0.15) is 0 Å². The number of halogens is 1. The summed E-state index contributed by atoms with van der Waals surface area (Å²) in [5, 5.41) is 2.67. The summed E-state index contributed by atoms with van der Waals surface area (Å²) in [6, 6.07) is 2.25. The number of ether oxygens (including phenoxy) is 3. The molecule has 2 rings (SSSR count). The highest BCUT2D eigenvalue weighted by Crippen LogP contribution is 2.36. The molecular weight excluding hydrogens is 340 g/mol. The van der Waals surface area contributed by atoms with E-state index in [-0.39, 0.29) is 28.6 Å². The largest absolute Gasteiger partial charge is 0.493 e. The first kappa shape index (κ1) is 17.9. The van der Waals surface area contributed by atoms with Crippen LogP contribution < -0.4 is 14.8 Å². The molecule has 0 radical (unpaired) electrons. The second-order valence-corrected chi connectivity index (χ2v) is 5.37. The molecule has 0 unspecified atom stereocenters. The van der Waals surface area contributed by atoms with Crippen molar-refractivity contribution in [3.05, 3.63) is 22.7 Å². The van der Waals surface area contributed by atoms with Crippen molar-refractivity contribution in [2.75, 3.05) is 27.3 Å². The van der Waals surface area contributed by atoms with Crippen molar-refractivity contribution < 1.29 is 28.6 Å². The molecule has 0 saturated carbocycles. The zero-order chi connectivity index (χ0) is 17.9. The number of urea groups is 1. The van der Waals surface area contributed by atoms with E-state index in [4.69, 9.17) is 25.8 Å². The molecule has 8 nitrogen and oxygen atoms in total. The summed E-state index contributed by atoms with van der Waals surface area (Å²) >= 11 is 6.04. The quantitative estimate of drug-likeness (QED) is 0.802. The van der Waals surface area contributed by atoms with Crippen LogP contribution in [-0.4, -0.2) is 56.2 Å². The van der Waals surface area contributed by atoms with Gasteiger partial charge in [0.05, 0.1) is 24.8 Å². The van der Waals surface area contributed by atoms with Gasteiger partial charge >= 0.3 is 12.0 Å². The number of hydrogen-bond donors (Lipinski definition) is 1. The van der Waals surface area contributed by atoms with Crippen molar-refractivity contribution in [1.29, 1.82) is 0 Å². The highest BCUT2D eigenvalue weighted by atomic mass is 35.5. The summed E-state index contributed by atoms with van der Waals surface area (Å²) in [7, 11) is 2.82. The molecule has 1 N–H and O–H groups in total. The molecule has 1 saturated heterocycles. The monoisotopic (exact) mass is 356 g/mol. The van der Waals surface area contributed by atoms with Crippen LogP contribution in [0.2, 0.25) is 5.02 Å². The van der Waals surface area contributed by atoms with Crippen LogP contribution in [-0.2, 0) is 9.53 Å². The highest BCUT2D eigenvalue weighted by Gasteiger charge is 2.32. The van der Waals surface area contributed by atoms with Crippen molar-refractivity contribution in [2.45, 2.75) is 13.0 Å². The first-order valence-electron chi connectivity index (χ1n) is 7.10. The van der Waals surface area contributed by atoms with Crippen LogP contribution in [0.1, 0.15) is 17.3 Å². The molecule has 1 atom stereocenters. The number of methoxy groups -OCH3 is 2. The van der Waals surface area contributed by atoms with Gasteiger partial charge in [-0.3, -0.25) is 9.69 Å². The normalized spacial score (nSPS) is 14.8.